The topological polar surface area (TPSA) is 61.4 Å². The second-order valence-corrected chi connectivity index (χ2v) is 6.05. The normalized spacial score (nSPS) is 28.0. The number of rotatable bonds is 1. The van der Waals surface area contributed by atoms with E-state index in [-0.39, 0.29) is 30.3 Å². The lowest BCUT2D eigenvalue weighted by atomic mass is 9.88. The summed E-state index contributed by atoms with van der Waals surface area (Å²) in [7, 11) is 0. The van der Waals surface area contributed by atoms with E-state index in [0.717, 1.165) is 6.54 Å². The van der Waals surface area contributed by atoms with Crippen LogP contribution in [0.4, 0.5) is 10.1 Å². The number of hydrogen-bond donors (Lipinski definition) is 2. The van der Waals surface area contributed by atoms with Crippen LogP contribution in [0, 0.1) is 5.82 Å². The molecule has 3 unspecified atom stereocenters. The standard InChI is InChI=1S/C16H20FN3O2/c1-9-10(2)20(6-5-18-9)16(22)13-8-15(21)19-14-7-11(17)3-4-12(13)14/h3-4,7,9-10,13,18H,5-6,8H2,1-2H3,(H,19,21). The van der Waals surface area contributed by atoms with E-state index < -0.39 is 11.7 Å². The van der Waals surface area contributed by atoms with Crippen molar-refractivity contribution in [2.75, 3.05) is 18.4 Å². The molecule has 0 aliphatic carbocycles. The molecular formula is C16H20FN3O2. The van der Waals surface area contributed by atoms with Gasteiger partial charge in [0.05, 0.1) is 5.92 Å². The fourth-order valence-corrected chi connectivity index (χ4v) is 3.23. The Bertz CT molecular complexity index is 619. The summed E-state index contributed by atoms with van der Waals surface area (Å²) < 4.78 is 13.4. The molecule has 1 aromatic carbocycles. The molecule has 0 bridgehead atoms. The second-order valence-electron chi connectivity index (χ2n) is 6.05. The SMILES string of the molecule is CC1NCCN(C(=O)C2CC(=O)Nc3cc(F)ccc32)C1C. The molecule has 3 rings (SSSR count). The molecule has 5 nitrogen and oxygen atoms in total. The van der Waals surface area contributed by atoms with Gasteiger partial charge < -0.3 is 15.5 Å². The van der Waals surface area contributed by atoms with Crippen molar-refractivity contribution in [1.29, 1.82) is 0 Å². The average Bonchev–Trinajstić information content (AvgIpc) is 2.48. The number of amides is 2. The number of carbonyl (C=O) groups excluding carboxylic acids is 2. The van der Waals surface area contributed by atoms with E-state index in [2.05, 4.69) is 10.6 Å². The Morgan fingerprint density at radius 2 is 2.14 bits per heavy atom. The van der Waals surface area contributed by atoms with Gasteiger partial charge in [0.1, 0.15) is 5.82 Å². The van der Waals surface area contributed by atoms with Gasteiger partial charge in [0, 0.05) is 37.3 Å². The second kappa shape index (κ2) is 5.68. The molecule has 1 aromatic rings. The lowest BCUT2D eigenvalue weighted by molar-refractivity contribution is -0.138. The van der Waals surface area contributed by atoms with Crippen molar-refractivity contribution < 1.29 is 14.0 Å². The van der Waals surface area contributed by atoms with Gasteiger partial charge in [-0.1, -0.05) is 6.07 Å². The highest BCUT2D eigenvalue weighted by atomic mass is 19.1. The molecule has 2 aliphatic rings. The third-order valence-corrected chi connectivity index (χ3v) is 4.67. The van der Waals surface area contributed by atoms with Crippen molar-refractivity contribution in [2.24, 2.45) is 0 Å². The van der Waals surface area contributed by atoms with E-state index in [1.165, 1.54) is 12.1 Å². The third kappa shape index (κ3) is 2.59. The molecule has 3 atom stereocenters. The van der Waals surface area contributed by atoms with Crippen molar-refractivity contribution in [3.05, 3.63) is 29.6 Å². The minimum absolute atomic E-state index is 0.0523. The minimum atomic E-state index is -0.530. The number of hydrogen-bond acceptors (Lipinski definition) is 3. The summed E-state index contributed by atoms with van der Waals surface area (Å²) in [4.78, 5) is 26.6. The Labute approximate surface area is 128 Å². The number of fused-ring (bicyclic) bond motifs is 1. The zero-order valence-electron chi connectivity index (χ0n) is 12.7. The summed E-state index contributed by atoms with van der Waals surface area (Å²) in [5.74, 6) is -1.25. The van der Waals surface area contributed by atoms with Gasteiger partial charge in [-0.05, 0) is 31.5 Å². The van der Waals surface area contributed by atoms with Crippen LogP contribution in [0.3, 0.4) is 0 Å². The van der Waals surface area contributed by atoms with Crippen LogP contribution in [0.5, 0.6) is 0 Å². The number of nitrogens with one attached hydrogen (secondary N) is 2. The number of benzene rings is 1. The molecule has 0 saturated carbocycles. The molecule has 2 N–H and O–H groups in total. The van der Waals surface area contributed by atoms with Crippen LogP contribution in [0.25, 0.3) is 0 Å². The van der Waals surface area contributed by atoms with Crippen LogP contribution in [0.2, 0.25) is 0 Å². The largest absolute Gasteiger partial charge is 0.337 e. The maximum Gasteiger partial charge on any atom is 0.231 e. The van der Waals surface area contributed by atoms with Gasteiger partial charge in [0.2, 0.25) is 11.8 Å². The Morgan fingerprint density at radius 3 is 2.91 bits per heavy atom. The molecule has 2 amide bonds. The molecule has 118 valence electrons. The van der Waals surface area contributed by atoms with Crippen LogP contribution < -0.4 is 10.6 Å². The van der Waals surface area contributed by atoms with Crippen molar-refractivity contribution in [1.82, 2.24) is 10.2 Å². The fourth-order valence-electron chi connectivity index (χ4n) is 3.23. The van der Waals surface area contributed by atoms with Crippen molar-refractivity contribution in [3.63, 3.8) is 0 Å². The summed E-state index contributed by atoms with van der Waals surface area (Å²) >= 11 is 0. The summed E-state index contributed by atoms with van der Waals surface area (Å²) in [6, 6.07) is 4.48. The highest BCUT2D eigenvalue weighted by Gasteiger charge is 2.37. The number of anilines is 1. The fraction of sp³-hybridized carbons (Fsp3) is 0.500. The first-order valence-electron chi connectivity index (χ1n) is 7.60. The summed E-state index contributed by atoms with van der Waals surface area (Å²) in [6.07, 6.45) is 0.114. The van der Waals surface area contributed by atoms with Crippen LogP contribution in [0.1, 0.15) is 31.7 Å². The van der Waals surface area contributed by atoms with Gasteiger partial charge in [-0.2, -0.15) is 0 Å². The molecule has 1 fully saturated rings. The van der Waals surface area contributed by atoms with Crippen molar-refractivity contribution >= 4 is 17.5 Å². The monoisotopic (exact) mass is 305 g/mol. The zero-order valence-corrected chi connectivity index (χ0v) is 12.7. The van der Waals surface area contributed by atoms with Gasteiger partial charge >= 0.3 is 0 Å². The maximum atomic E-state index is 13.4. The van der Waals surface area contributed by atoms with Gasteiger partial charge in [0.25, 0.3) is 0 Å². The number of nitrogens with zero attached hydrogens (tertiary/aromatic N) is 1. The predicted molar refractivity (Wildman–Crippen MR) is 81.0 cm³/mol. The van der Waals surface area contributed by atoms with E-state index >= 15 is 0 Å². The highest BCUT2D eigenvalue weighted by molar-refractivity contribution is 6.01. The van der Waals surface area contributed by atoms with E-state index in [1.807, 2.05) is 18.7 Å². The Kier molecular flexibility index (Phi) is 3.87. The molecule has 2 heterocycles. The molecule has 0 radical (unpaired) electrons. The van der Waals surface area contributed by atoms with E-state index in [1.54, 1.807) is 6.07 Å². The van der Waals surface area contributed by atoms with Crippen LogP contribution in [-0.4, -0.2) is 41.9 Å². The Morgan fingerprint density at radius 1 is 1.36 bits per heavy atom. The zero-order chi connectivity index (χ0) is 15.9. The van der Waals surface area contributed by atoms with Gasteiger partial charge in [-0.15, -0.1) is 0 Å². The number of piperazine rings is 1. The maximum absolute atomic E-state index is 13.4. The summed E-state index contributed by atoms with van der Waals surface area (Å²) in [5, 5.41) is 5.98. The van der Waals surface area contributed by atoms with Crippen LogP contribution in [0.15, 0.2) is 18.2 Å². The number of halogens is 1. The third-order valence-electron chi connectivity index (χ3n) is 4.67. The molecule has 0 aromatic heterocycles. The Balaban J connectivity index is 1.91. The quantitative estimate of drug-likeness (QED) is 0.826. The first-order valence-corrected chi connectivity index (χ1v) is 7.60. The lowest BCUT2D eigenvalue weighted by Gasteiger charge is -2.41. The predicted octanol–water partition coefficient (Wildman–Crippen LogP) is 1.46. The average molecular weight is 305 g/mol. The van der Waals surface area contributed by atoms with Crippen molar-refractivity contribution in [2.45, 2.75) is 38.3 Å². The molecule has 22 heavy (non-hydrogen) atoms. The summed E-state index contributed by atoms with van der Waals surface area (Å²) in [6.45, 7) is 5.41. The van der Waals surface area contributed by atoms with E-state index in [4.69, 9.17) is 0 Å². The molecule has 6 heteroatoms. The molecular weight excluding hydrogens is 285 g/mol. The van der Waals surface area contributed by atoms with Gasteiger partial charge in [-0.25, -0.2) is 4.39 Å². The first-order chi connectivity index (χ1) is 10.5. The van der Waals surface area contributed by atoms with Gasteiger partial charge in [-0.3, -0.25) is 9.59 Å². The van der Waals surface area contributed by atoms with Gasteiger partial charge in [0.15, 0.2) is 0 Å². The van der Waals surface area contributed by atoms with E-state index in [0.29, 0.717) is 17.8 Å². The lowest BCUT2D eigenvalue weighted by Crippen LogP contribution is -2.58. The minimum Gasteiger partial charge on any atom is -0.337 e. The summed E-state index contributed by atoms with van der Waals surface area (Å²) in [5.41, 5.74) is 1.11. The number of carbonyl (C=O) groups is 2. The van der Waals surface area contributed by atoms with E-state index in [9.17, 15) is 14.0 Å². The molecule has 2 aliphatic heterocycles. The van der Waals surface area contributed by atoms with Crippen LogP contribution >= 0.6 is 0 Å². The molecule has 0 spiro atoms. The Hall–Kier alpha value is -1.95. The molecule has 1 saturated heterocycles. The highest BCUT2D eigenvalue weighted by Crippen LogP contribution is 2.34. The van der Waals surface area contributed by atoms with Crippen LogP contribution in [-0.2, 0) is 9.59 Å². The van der Waals surface area contributed by atoms with Crippen molar-refractivity contribution in [3.8, 4) is 0 Å². The smallest absolute Gasteiger partial charge is 0.231 e. The first kappa shape index (κ1) is 15.0.